The standard InChI is InChI=1S/C21H20N6O2/c1-12-10-15(25-21(29)19(28)14-6-4-3-5-7-14)8-9-16(12)27-18-17(13(2)26-27)23-11-24-20(18)22/h3-11,19,28H,1-2H3,(H,25,29)(H2,22,23,24). The van der Waals surface area contributed by atoms with Crippen LogP contribution in [0.1, 0.15) is 22.9 Å². The second kappa shape index (κ2) is 7.33. The molecule has 1 atom stereocenters. The molecule has 4 rings (SSSR count). The molecule has 8 heteroatoms. The lowest BCUT2D eigenvalue weighted by Gasteiger charge is -2.14. The number of benzene rings is 2. The highest BCUT2D eigenvalue weighted by Gasteiger charge is 2.18. The molecule has 0 saturated heterocycles. The van der Waals surface area contributed by atoms with Crippen molar-refractivity contribution in [2.75, 3.05) is 11.1 Å². The van der Waals surface area contributed by atoms with Crippen LogP contribution in [-0.4, -0.2) is 30.8 Å². The summed E-state index contributed by atoms with van der Waals surface area (Å²) >= 11 is 0. The Morgan fingerprint density at radius 3 is 2.62 bits per heavy atom. The normalized spacial score (nSPS) is 12.1. The number of hydrogen-bond donors (Lipinski definition) is 3. The van der Waals surface area contributed by atoms with Gasteiger partial charge in [-0.3, -0.25) is 4.79 Å². The van der Waals surface area contributed by atoms with Crippen molar-refractivity contribution in [2.24, 2.45) is 0 Å². The van der Waals surface area contributed by atoms with Crippen LogP contribution in [0.4, 0.5) is 11.5 Å². The number of nitrogen functional groups attached to an aromatic ring is 1. The van der Waals surface area contributed by atoms with E-state index in [4.69, 9.17) is 5.73 Å². The number of amides is 1. The van der Waals surface area contributed by atoms with Crippen LogP contribution in [0.3, 0.4) is 0 Å². The van der Waals surface area contributed by atoms with Gasteiger partial charge in [0, 0.05) is 5.69 Å². The van der Waals surface area contributed by atoms with E-state index in [2.05, 4.69) is 20.4 Å². The van der Waals surface area contributed by atoms with E-state index in [0.29, 0.717) is 28.1 Å². The number of aromatic nitrogens is 4. The molecule has 4 aromatic rings. The van der Waals surface area contributed by atoms with Crippen LogP contribution >= 0.6 is 0 Å². The van der Waals surface area contributed by atoms with Crippen molar-refractivity contribution in [3.63, 3.8) is 0 Å². The first-order valence-electron chi connectivity index (χ1n) is 9.06. The number of anilines is 2. The van der Waals surface area contributed by atoms with Crippen LogP contribution in [0.15, 0.2) is 54.9 Å². The Hall–Kier alpha value is -3.78. The van der Waals surface area contributed by atoms with E-state index in [1.807, 2.05) is 32.0 Å². The summed E-state index contributed by atoms with van der Waals surface area (Å²) in [6, 6.07) is 14.2. The average molecular weight is 388 g/mol. The Morgan fingerprint density at radius 2 is 1.90 bits per heavy atom. The highest BCUT2D eigenvalue weighted by Crippen LogP contribution is 2.27. The summed E-state index contributed by atoms with van der Waals surface area (Å²) in [7, 11) is 0. The van der Waals surface area contributed by atoms with Crippen LogP contribution in [-0.2, 0) is 4.79 Å². The maximum atomic E-state index is 12.4. The largest absolute Gasteiger partial charge is 0.382 e. The third-order valence-electron chi connectivity index (χ3n) is 4.71. The van der Waals surface area contributed by atoms with Crippen LogP contribution < -0.4 is 11.1 Å². The first kappa shape index (κ1) is 18.6. The first-order valence-corrected chi connectivity index (χ1v) is 9.06. The van der Waals surface area contributed by atoms with Gasteiger partial charge in [0.15, 0.2) is 11.9 Å². The zero-order valence-electron chi connectivity index (χ0n) is 16.0. The SMILES string of the molecule is Cc1cc(NC(=O)C(O)c2ccccc2)ccc1-n1nc(C)c2ncnc(N)c21. The molecule has 2 heterocycles. The van der Waals surface area contributed by atoms with Crippen LogP contribution in [0, 0.1) is 13.8 Å². The third kappa shape index (κ3) is 3.41. The summed E-state index contributed by atoms with van der Waals surface area (Å²) in [5.74, 6) is -0.153. The molecule has 2 aromatic carbocycles. The fourth-order valence-corrected chi connectivity index (χ4v) is 3.26. The van der Waals surface area contributed by atoms with Gasteiger partial charge in [-0.25, -0.2) is 14.6 Å². The van der Waals surface area contributed by atoms with Crippen molar-refractivity contribution < 1.29 is 9.90 Å². The van der Waals surface area contributed by atoms with Crippen LogP contribution in [0.25, 0.3) is 16.7 Å². The van der Waals surface area contributed by atoms with Gasteiger partial charge in [0.1, 0.15) is 17.4 Å². The molecule has 0 bridgehead atoms. The molecule has 146 valence electrons. The van der Waals surface area contributed by atoms with Crippen molar-refractivity contribution >= 4 is 28.4 Å². The lowest BCUT2D eigenvalue weighted by molar-refractivity contribution is -0.124. The van der Waals surface area contributed by atoms with E-state index in [-0.39, 0.29) is 0 Å². The zero-order valence-corrected chi connectivity index (χ0v) is 16.0. The van der Waals surface area contributed by atoms with Gasteiger partial charge < -0.3 is 16.2 Å². The number of carbonyl (C=O) groups is 1. The Morgan fingerprint density at radius 1 is 1.14 bits per heavy atom. The minimum atomic E-state index is -1.24. The summed E-state index contributed by atoms with van der Waals surface area (Å²) in [5, 5.41) is 17.5. The van der Waals surface area contributed by atoms with Gasteiger partial charge in [0.2, 0.25) is 0 Å². The zero-order chi connectivity index (χ0) is 20.5. The van der Waals surface area contributed by atoms with Crippen LogP contribution in [0.2, 0.25) is 0 Å². The molecule has 0 aliphatic rings. The third-order valence-corrected chi connectivity index (χ3v) is 4.71. The second-order valence-corrected chi connectivity index (χ2v) is 6.76. The molecule has 0 radical (unpaired) electrons. The lowest BCUT2D eigenvalue weighted by atomic mass is 10.1. The summed E-state index contributed by atoms with van der Waals surface area (Å²) in [5.41, 5.74) is 10.9. The van der Waals surface area contributed by atoms with E-state index in [0.717, 1.165) is 16.9 Å². The smallest absolute Gasteiger partial charge is 0.257 e. The number of hydrogen-bond acceptors (Lipinski definition) is 6. The molecule has 1 unspecified atom stereocenters. The van der Waals surface area contributed by atoms with Crippen molar-refractivity contribution in [2.45, 2.75) is 20.0 Å². The van der Waals surface area contributed by atoms with Gasteiger partial charge in [0.05, 0.1) is 11.4 Å². The van der Waals surface area contributed by atoms with Crippen molar-refractivity contribution in [3.05, 3.63) is 71.7 Å². The molecule has 1 amide bonds. The predicted molar refractivity (Wildman–Crippen MR) is 111 cm³/mol. The Kier molecular flexibility index (Phi) is 4.69. The van der Waals surface area contributed by atoms with E-state index in [9.17, 15) is 9.90 Å². The van der Waals surface area contributed by atoms with Crippen LogP contribution in [0.5, 0.6) is 0 Å². The number of carbonyl (C=O) groups excluding carboxylic acids is 1. The molecule has 0 spiro atoms. The molecule has 29 heavy (non-hydrogen) atoms. The van der Waals surface area contributed by atoms with Crippen molar-refractivity contribution in [1.82, 2.24) is 19.7 Å². The Bertz CT molecular complexity index is 1200. The summed E-state index contributed by atoms with van der Waals surface area (Å²) in [4.78, 5) is 20.7. The minimum Gasteiger partial charge on any atom is -0.382 e. The summed E-state index contributed by atoms with van der Waals surface area (Å²) in [6.07, 6.45) is 0.172. The predicted octanol–water partition coefficient (Wildman–Crippen LogP) is 2.69. The molecule has 0 aliphatic heterocycles. The molecular formula is C21H20N6O2. The number of aliphatic hydroxyl groups excluding tert-OH is 1. The summed E-state index contributed by atoms with van der Waals surface area (Å²) < 4.78 is 1.71. The van der Waals surface area contributed by atoms with Gasteiger partial charge in [-0.15, -0.1) is 0 Å². The second-order valence-electron chi connectivity index (χ2n) is 6.76. The molecule has 8 nitrogen and oxygen atoms in total. The Labute approximate surface area is 167 Å². The highest BCUT2D eigenvalue weighted by molar-refractivity contribution is 5.95. The number of aliphatic hydroxyl groups is 1. The fourth-order valence-electron chi connectivity index (χ4n) is 3.26. The average Bonchev–Trinajstić information content (AvgIpc) is 3.06. The molecule has 0 fully saturated rings. The number of fused-ring (bicyclic) bond motifs is 1. The number of rotatable bonds is 4. The number of nitrogens with zero attached hydrogens (tertiary/aromatic N) is 4. The van der Waals surface area contributed by atoms with E-state index >= 15 is 0 Å². The maximum absolute atomic E-state index is 12.4. The minimum absolute atomic E-state index is 0.346. The van der Waals surface area contributed by atoms with Gasteiger partial charge in [-0.2, -0.15) is 5.10 Å². The number of nitrogens with one attached hydrogen (secondary N) is 1. The van der Waals surface area contributed by atoms with E-state index < -0.39 is 12.0 Å². The maximum Gasteiger partial charge on any atom is 0.257 e. The molecule has 0 saturated carbocycles. The quantitative estimate of drug-likeness (QED) is 0.494. The van der Waals surface area contributed by atoms with E-state index in [1.165, 1.54) is 6.33 Å². The van der Waals surface area contributed by atoms with Gasteiger partial charge in [-0.1, -0.05) is 30.3 Å². The van der Waals surface area contributed by atoms with Crippen molar-refractivity contribution in [1.29, 1.82) is 0 Å². The van der Waals surface area contributed by atoms with Gasteiger partial charge in [-0.05, 0) is 43.2 Å². The summed E-state index contributed by atoms with van der Waals surface area (Å²) in [6.45, 7) is 3.77. The number of aryl methyl sites for hydroxylation is 2. The topological polar surface area (TPSA) is 119 Å². The first-order chi connectivity index (χ1) is 14.0. The molecule has 2 aromatic heterocycles. The fraction of sp³-hybridized carbons (Fsp3) is 0.143. The monoisotopic (exact) mass is 388 g/mol. The Balaban J connectivity index is 1.63. The molecule has 4 N–H and O–H groups in total. The van der Waals surface area contributed by atoms with Gasteiger partial charge >= 0.3 is 0 Å². The van der Waals surface area contributed by atoms with Gasteiger partial charge in [0.25, 0.3) is 5.91 Å². The lowest BCUT2D eigenvalue weighted by Crippen LogP contribution is -2.20. The molecule has 0 aliphatic carbocycles. The highest BCUT2D eigenvalue weighted by atomic mass is 16.3. The molecular weight excluding hydrogens is 368 g/mol. The van der Waals surface area contributed by atoms with Crippen molar-refractivity contribution in [3.8, 4) is 5.69 Å². The number of nitrogens with two attached hydrogens (primary N) is 1. The van der Waals surface area contributed by atoms with E-state index in [1.54, 1.807) is 35.0 Å².